The molecule has 0 spiro atoms. The first-order valence-electron chi connectivity index (χ1n) is 13.3. The maximum Gasteiger partial charge on any atom is 0.307 e. The maximum atomic E-state index is 13.4. The van der Waals surface area contributed by atoms with E-state index in [-0.39, 0.29) is 36.2 Å². The van der Waals surface area contributed by atoms with Gasteiger partial charge in [0.1, 0.15) is 5.78 Å². The van der Waals surface area contributed by atoms with Crippen LogP contribution in [0.3, 0.4) is 0 Å². The van der Waals surface area contributed by atoms with Crippen molar-refractivity contribution in [3.8, 4) is 0 Å². The Morgan fingerprint density at radius 3 is 2.28 bits per heavy atom. The van der Waals surface area contributed by atoms with E-state index in [1.54, 1.807) is 21.1 Å². The molecule has 7 heteroatoms. The quantitative estimate of drug-likeness (QED) is 0.375. The second-order valence-corrected chi connectivity index (χ2v) is 10.4. The summed E-state index contributed by atoms with van der Waals surface area (Å²) >= 11 is 0. The highest BCUT2D eigenvalue weighted by Gasteiger charge is 2.41. The molecule has 0 unspecified atom stereocenters. The van der Waals surface area contributed by atoms with Gasteiger partial charge in [-0.1, -0.05) is 64.4 Å². The van der Waals surface area contributed by atoms with Gasteiger partial charge < -0.3 is 19.5 Å². The molecule has 1 heterocycles. The monoisotopic (exact) mass is 503 g/mol. The minimum absolute atomic E-state index is 0.0219. The highest BCUT2D eigenvalue weighted by molar-refractivity contribution is 5.86. The number of ketones is 1. The van der Waals surface area contributed by atoms with E-state index in [9.17, 15) is 19.5 Å². The van der Waals surface area contributed by atoms with Gasteiger partial charge >= 0.3 is 5.97 Å². The molecular formula is C29H45NO6. The van der Waals surface area contributed by atoms with Gasteiger partial charge in [-0.05, 0) is 36.7 Å². The standard InChI is InChI=1S/C29H45NO6/c1-7-19(2)20(3)26(35-5)18-27(32)30-15-11-14-24(30)28(36-6)21(4)25(31)17-23(29(33)34)16-22-12-9-8-10-13-22/h8-10,12-13,19-21,23-24,26,28H,7,11,14-18H2,1-6H3,(H,33,34)/t19-,20-,21-,23+,24-,26+,28+/m0/s1. The average molecular weight is 504 g/mol. The molecule has 7 nitrogen and oxygen atoms in total. The molecule has 2 rings (SSSR count). The lowest BCUT2D eigenvalue weighted by atomic mass is 9.85. The predicted octanol–water partition coefficient (Wildman–Crippen LogP) is 4.62. The number of likely N-dealkylation sites (tertiary alicyclic amines) is 1. The highest BCUT2D eigenvalue weighted by atomic mass is 16.5. The fraction of sp³-hybridized carbons (Fsp3) is 0.690. The molecule has 7 atom stereocenters. The van der Waals surface area contributed by atoms with Crippen molar-refractivity contribution in [1.29, 1.82) is 0 Å². The Bertz CT molecular complexity index is 843. The number of nitrogens with zero attached hydrogens (tertiary/aromatic N) is 1. The van der Waals surface area contributed by atoms with Gasteiger partial charge in [-0.25, -0.2) is 0 Å². The Morgan fingerprint density at radius 1 is 1.06 bits per heavy atom. The maximum absolute atomic E-state index is 13.4. The average Bonchev–Trinajstić information content (AvgIpc) is 3.36. The van der Waals surface area contributed by atoms with Crippen molar-refractivity contribution in [2.75, 3.05) is 20.8 Å². The minimum Gasteiger partial charge on any atom is -0.481 e. The molecule has 202 valence electrons. The number of aliphatic carboxylic acids is 1. The summed E-state index contributed by atoms with van der Waals surface area (Å²) in [6, 6.07) is 9.14. The summed E-state index contributed by atoms with van der Waals surface area (Å²) < 4.78 is 11.5. The fourth-order valence-corrected chi connectivity index (χ4v) is 5.41. The van der Waals surface area contributed by atoms with Gasteiger partial charge in [-0.3, -0.25) is 14.4 Å². The number of benzene rings is 1. The van der Waals surface area contributed by atoms with Crippen LogP contribution in [-0.2, 0) is 30.3 Å². The summed E-state index contributed by atoms with van der Waals surface area (Å²) in [7, 11) is 3.22. The Labute approximate surface area is 216 Å². The second kappa shape index (κ2) is 14.5. The molecule has 0 aliphatic carbocycles. The van der Waals surface area contributed by atoms with Gasteiger partial charge in [0.15, 0.2) is 0 Å². The molecule has 0 saturated carbocycles. The van der Waals surface area contributed by atoms with Crippen molar-refractivity contribution in [3.63, 3.8) is 0 Å². The number of rotatable bonds is 15. The molecule has 1 aromatic carbocycles. The molecule has 0 radical (unpaired) electrons. The van der Waals surface area contributed by atoms with Gasteiger partial charge in [-0.2, -0.15) is 0 Å². The smallest absolute Gasteiger partial charge is 0.307 e. The Hall–Kier alpha value is -2.25. The molecular weight excluding hydrogens is 458 g/mol. The first-order chi connectivity index (χ1) is 17.1. The van der Waals surface area contributed by atoms with Crippen LogP contribution in [0.15, 0.2) is 30.3 Å². The van der Waals surface area contributed by atoms with E-state index in [0.717, 1.165) is 24.8 Å². The number of hydrogen-bond donors (Lipinski definition) is 1. The predicted molar refractivity (Wildman–Crippen MR) is 140 cm³/mol. The Morgan fingerprint density at radius 2 is 1.72 bits per heavy atom. The molecule has 1 aromatic rings. The van der Waals surface area contributed by atoms with Crippen molar-refractivity contribution in [2.45, 2.75) is 84.5 Å². The zero-order valence-electron chi connectivity index (χ0n) is 22.8. The SMILES string of the molecule is CC[C@H](C)[C@H](C)[C@@H](CC(=O)N1CCC[C@H]1[C@H](OC)[C@@H](C)C(=O)C[C@@H](Cc1ccccc1)C(=O)O)OC. The molecule has 1 N–H and O–H groups in total. The number of carbonyl (C=O) groups is 3. The lowest BCUT2D eigenvalue weighted by Gasteiger charge is -2.35. The summed E-state index contributed by atoms with van der Waals surface area (Å²) in [5.41, 5.74) is 0.889. The van der Waals surface area contributed by atoms with Crippen LogP contribution in [0, 0.1) is 23.7 Å². The molecule has 1 saturated heterocycles. The third-order valence-corrected chi connectivity index (χ3v) is 8.20. The number of carboxylic acid groups (broad SMARTS) is 1. The van der Waals surface area contributed by atoms with Crippen molar-refractivity contribution >= 4 is 17.7 Å². The number of carboxylic acids is 1. The first-order valence-corrected chi connectivity index (χ1v) is 13.3. The Balaban J connectivity index is 2.09. The summed E-state index contributed by atoms with van der Waals surface area (Å²) in [5, 5.41) is 9.75. The minimum atomic E-state index is -0.980. The Kier molecular flexibility index (Phi) is 12.1. The number of carbonyl (C=O) groups excluding carboxylic acids is 2. The van der Waals surface area contributed by atoms with Gasteiger partial charge in [0.05, 0.1) is 30.6 Å². The number of amides is 1. The zero-order valence-corrected chi connectivity index (χ0v) is 22.8. The van der Waals surface area contributed by atoms with E-state index in [1.165, 1.54) is 0 Å². The third-order valence-electron chi connectivity index (χ3n) is 8.20. The fourth-order valence-electron chi connectivity index (χ4n) is 5.41. The topological polar surface area (TPSA) is 93.1 Å². The van der Waals surface area contributed by atoms with E-state index in [2.05, 4.69) is 20.8 Å². The number of Topliss-reactive ketones (excluding diaryl/α,β-unsaturated/α-hetero) is 1. The normalized spacial score (nSPS) is 20.8. The summed E-state index contributed by atoms with van der Waals surface area (Å²) in [6.07, 6.45) is 2.52. The van der Waals surface area contributed by atoms with E-state index >= 15 is 0 Å². The van der Waals surface area contributed by atoms with Crippen LogP contribution in [0.25, 0.3) is 0 Å². The molecule has 36 heavy (non-hydrogen) atoms. The lowest BCUT2D eigenvalue weighted by molar-refractivity contribution is -0.146. The van der Waals surface area contributed by atoms with Crippen LogP contribution in [0.2, 0.25) is 0 Å². The highest BCUT2D eigenvalue weighted by Crippen LogP contribution is 2.30. The van der Waals surface area contributed by atoms with Crippen molar-refractivity contribution in [2.24, 2.45) is 23.7 Å². The van der Waals surface area contributed by atoms with Crippen LogP contribution >= 0.6 is 0 Å². The van der Waals surface area contributed by atoms with E-state index in [0.29, 0.717) is 25.3 Å². The van der Waals surface area contributed by atoms with Crippen LogP contribution in [-0.4, -0.2) is 66.7 Å². The lowest BCUT2D eigenvalue weighted by Crippen LogP contribution is -2.49. The van der Waals surface area contributed by atoms with Gasteiger partial charge in [0, 0.05) is 33.1 Å². The summed E-state index contributed by atoms with van der Waals surface area (Å²) in [4.78, 5) is 40.3. The van der Waals surface area contributed by atoms with E-state index in [4.69, 9.17) is 9.47 Å². The number of methoxy groups -OCH3 is 2. The molecule has 1 aliphatic rings. The second-order valence-electron chi connectivity index (χ2n) is 10.4. The van der Waals surface area contributed by atoms with Gasteiger partial charge in [0.25, 0.3) is 0 Å². The van der Waals surface area contributed by atoms with Crippen LogP contribution < -0.4 is 0 Å². The zero-order chi connectivity index (χ0) is 26.8. The number of hydrogen-bond acceptors (Lipinski definition) is 5. The van der Waals surface area contributed by atoms with Crippen molar-refractivity contribution in [1.82, 2.24) is 4.90 Å². The first kappa shape index (κ1) is 30.0. The largest absolute Gasteiger partial charge is 0.481 e. The van der Waals surface area contributed by atoms with Gasteiger partial charge in [0.2, 0.25) is 5.91 Å². The molecule has 0 aromatic heterocycles. The third kappa shape index (κ3) is 7.87. The van der Waals surface area contributed by atoms with Crippen LogP contribution in [0.4, 0.5) is 0 Å². The van der Waals surface area contributed by atoms with E-state index < -0.39 is 23.9 Å². The number of ether oxygens (including phenoxy) is 2. The van der Waals surface area contributed by atoms with Crippen molar-refractivity contribution in [3.05, 3.63) is 35.9 Å². The van der Waals surface area contributed by atoms with E-state index in [1.807, 2.05) is 35.2 Å². The van der Waals surface area contributed by atoms with Crippen LogP contribution in [0.1, 0.15) is 65.4 Å². The van der Waals surface area contributed by atoms with Crippen LogP contribution in [0.5, 0.6) is 0 Å². The van der Waals surface area contributed by atoms with Crippen molar-refractivity contribution < 1.29 is 29.0 Å². The molecule has 1 aliphatic heterocycles. The molecule has 0 bridgehead atoms. The molecule has 1 fully saturated rings. The summed E-state index contributed by atoms with van der Waals surface area (Å²) in [5.74, 6) is -1.74. The summed E-state index contributed by atoms with van der Waals surface area (Å²) in [6.45, 7) is 8.87. The van der Waals surface area contributed by atoms with Gasteiger partial charge in [-0.15, -0.1) is 0 Å². The molecule has 1 amide bonds.